The van der Waals surface area contributed by atoms with Crippen molar-refractivity contribution in [2.75, 3.05) is 26.3 Å². The van der Waals surface area contributed by atoms with E-state index in [-0.39, 0.29) is 6.61 Å². The summed E-state index contributed by atoms with van der Waals surface area (Å²) in [4.78, 5) is 4.72. The molecule has 1 atom stereocenters. The van der Waals surface area contributed by atoms with Crippen molar-refractivity contribution in [3.63, 3.8) is 0 Å². The molecule has 0 bridgehead atoms. The normalized spacial score (nSPS) is 12.9. The molecule has 0 radical (unpaired) electrons. The van der Waals surface area contributed by atoms with Gasteiger partial charge >= 0.3 is 0 Å². The van der Waals surface area contributed by atoms with Crippen LogP contribution in [0.3, 0.4) is 0 Å². The van der Waals surface area contributed by atoms with Crippen molar-refractivity contribution in [3.05, 3.63) is 29.8 Å². The first-order valence-electron chi connectivity index (χ1n) is 9.94. The van der Waals surface area contributed by atoms with Crippen molar-refractivity contribution in [2.24, 2.45) is 16.8 Å². The van der Waals surface area contributed by atoms with Gasteiger partial charge in [0.1, 0.15) is 5.75 Å². The summed E-state index contributed by atoms with van der Waals surface area (Å²) in [7, 11) is 0. The molecule has 0 aliphatic heterocycles. The summed E-state index contributed by atoms with van der Waals surface area (Å²) in [6, 6.07) is 8.09. The maximum atomic E-state index is 9.22. The molecule has 0 saturated heterocycles. The average Bonchev–Trinajstić information content (AvgIpc) is 2.63. The summed E-state index contributed by atoms with van der Waals surface area (Å²) in [5, 5.41) is 15.9. The summed E-state index contributed by atoms with van der Waals surface area (Å²) in [5.74, 6) is 2.68. The number of guanidine groups is 1. The smallest absolute Gasteiger partial charge is 0.191 e. The van der Waals surface area contributed by atoms with Crippen LogP contribution in [0.5, 0.6) is 5.75 Å². The van der Waals surface area contributed by atoms with Crippen molar-refractivity contribution in [3.8, 4) is 5.75 Å². The van der Waals surface area contributed by atoms with E-state index in [0.29, 0.717) is 25.0 Å². The molecule has 1 aromatic rings. The lowest BCUT2D eigenvalue weighted by Crippen LogP contribution is -2.40. The maximum Gasteiger partial charge on any atom is 0.191 e. The third-order valence-corrected chi connectivity index (χ3v) is 4.09. The van der Waals surface area contributed by atoms with Crippen LogP contribution >= 0.6 is 0 Å². The number of nitrogens with one attached hydrogen (secondary N) is 2. The highest BCUT2D eigenvalue weighted by molar-refractivity contribution is 5.79. The van der Waals surface area contributed by atoms with Crippen LogP contribution in [0, 0.1) is 11.8 Å². The summed E-state index contributed by atoms with van der Waals surface area (Å²) in [6.45, 7) is 11.7. The molecule has 0 fully saturated rings. The first-order valence-corrected chi connectivity index (χ1v) is 9.94. The Morgan fingerprint density at radius 1 is 1.15 bits per heavy atom. The fourth-order valence-corrected chi connectivity index (χ4v) is 2.72. The zero-order valence-corrected chi connectivity index (χ0v) is 16.9. The van der Waals surface area contributed by atoms with Gasteiger partial charge in [0.2, 0.25) is 0 Å². The van der Waals surface area contributed by atoms with Gasteiger partial charge < -0.3 is 20.5 Å². The number of benzene rings is 1. The number of hydrogen-bond donors (Lipinski definition) is 3. The lowest BCUT2D eigenvalue weighted by molar-refractivity contribution is 0.251. The van der Waals surface area contributed by atoms with Crippen LogP contribution < -0.4 is 15.4 Å². The van der Waals surface area contributed by atoms with Crippen molar-refractivity contribution in [2.45, 2.75) is 53.5 Å². The second-order valence-electron chi connectivity index (χ2n) is 7.06. The fraction of sp³-hybridized carbons (Fsp3) is 0.667. The largest absolute Gasteiger partial charge is 0.493 e. The second kappa shape index (κ2) is 13.5. The van der Waals surface area contributed by atoms with E-state index < -0.39 is 0 Å². The molecule has 0 saturated carbocycles. The van der Waals surface area contributed by atoms with E-state index in [4.69, 9.17) is 9.73 Å². The van der Waals surface area contributed by atoms with Crippen molar-refractivity contribution in [1.82, 2.24) is 10.6 Å². The molecule has 26 heavy (non-hydrogen) atoms. The number of aliphatic hydroxyl groups is 1. The Morgan fingerprint density at radius 3 is 2.58 bits per heavy atom. The zero-order valence-electron chi connectivity index (χ0n) is 16.9. The monoisotopic (exact) mass is 363 g/mol. The highest BCUT2D eigenvalue weighted by Crippen LogP contribution is 2.19. The summed E-state index contributed by atoms with van der Waals surface area (Å²) in [5.41, 5.74) is 1.09. The van der Waals surface area contributed by atoms with E-state index in [1.54, 1.807) is 0 Å². The Bertz CT molecular complexity index is 512. The third kappa shape index (κ3) is 9.09. The number of ether oxygens (including phenoxy) is 1. The van der Waals surface area contributed by atoms with Gasteiger partial charge in [-0.2, -0.15) is 0 Å². The van der Waals surface area contributed by atoms with Gasteiger partial charge in [0.25, 0.3) is 0 Å². The first kappa shape index (κ1) is 22.3. The lowest BCUT2D eigenvalue weighted by Gasteiger charge is -2.18. The van der Waals surface area contributed by atoms with E-state index >= 15 is 0 Å². The molecule has 5 heteroatoms. The summed E-state index contributed by atoms with van der Waals surface area (Å²) >= 11 is 0. The molecule has 3 N–H and O–H groups in total. The van der Waals surface area contributed by atoms with Gasteiger partial charge in [-0.15, -0.1) is 0 Å². The highest BCUT2D eigenvalue weighted by Gasteiger charge is 2.09. The SMILES string of the molecule is CCCC(CCO)CNC(=NCc1ccccc1OCC(C)C)NCC. The zero-order chi connectivity index (χ0) is 19.2. The molecule has 1 aromatic carbocycles. The molecule has 0 amide bonds. The van der Waals surface area contributed by atoms with E-state index in [9.17, 15) is 5.11 Å². The fourth-order valence-electron chi connectivity index (χ4n) is 2.72. The van der Waals surface area contributed by atoms with Crippen molar-refractivity contribution >= 4 is 5.96 Å². The Kier molecular flexibility index (Phi) is 11.5. The minimum absolute atomic E-state index is 0.237. The molecule has 5 nitrogen and oxygen atoms in total. The van der Waals surface area contributed by atoms with Crippen molar-refractivity contribution in [1.29, 1.82) is 0 Å². The molecule has 0 spiro atoms. The molecule has 148 valence electrons. The molecule has 0 aliphatic rings. The molecular weight excluding hydrogens is 326 g/mol. The first-order chi connectivity index (χ1) is 12.6. The number of para-hydroxylation sites is 1. The predicted octanol–water partition coefficient (Wildman–Crippen LogP) is 3.58. The van der Waals surface area contributed by atoms with Crippen LogP contribution in [-0.4, -0.2) is 37.4 Å². The Morgan fingerprint density at radius 2 is 1.92 bits per heavy atom. The van der Waals surface area contributed by atoms with Crippen LogP contribution in [0.25, 0.3) is 0 Å². The lowest BCUT2D eigenvalue weighted by atomic mass is 10.0. The third-order valence-electron chi connectivity index (χ3n) is 4.09. The topological polar surface area (TPSA) is 65.9 Å². The van der Waals surface area contributed by atoms with Gasteiger partial charge in [-0.3, -0.25) is 0 Å². The van der Waals surface area contributed by atoms with Crippen LogP contribution in [0.15, 0.2) is 29.3 Å². The van der Waals surface area contributed by atoms with Crippen molar-refractivity contribution < 1.29 is 9.84 Å². The van der Waals surface area contributed by atoms with Crippen LogP contribution in [0.4, 0.5) is 0 Å². The van der Waals surface area contributed by atoms with Gasteiger partial charge in [0, 0.05) is 25.3 Å². The van der Waals surface area contributed by atoms with Gasteiger partial charge in [-0.05, 0) is 37.7 Å². The number of aliphatic imine (C=N–C) groups is 1. The molecule has 1 unspecified atom stereocenters. The van der Waals surface area contributed by atoms with E-state index in [0.717, 1.165) is 49.6 Å². The minimum Gasteiger partial charge on any atom is -0.493 e. The number of hydrogen-bond acceptors (Lipinski definition) is 3. The summed E-state index contributed by atoms with van der Waals surface area (Å²) in [6.07, 6.45) is 3.06. The molecule has 1 rings (SSSR count). The van der Waals surface area contributed by atoms with E-state index in [1.807, 2.05) is 18.2 Å². The van der Waals surface area contributed by atoms with Gasteiger partial charge in [-0.1, -0.05) is 45.4 Å². The minimum atomic E-state index is 0.237. The molecule has 0 aromatic heterocycles. The summed E-state index contributed by atoms with van der Waals surface area (Å²) < 4.78 is 5.92. The van der Waals surface area contributed by atoms with E-state index in [2.05, 4.69) is 44.4 Å². The number of aliphatic hydroxyl groups excluding tert-OH is 1. The Hall–Kier alpha value is -1.75. The van der Waals surface area contributed by atoms with E-state index in [1.165, 1.54) is 0 Å². The molecule has 0 heterocycles. The second-order valence-corrected chi connectivity index (χ2v) is 7.06. The highest BCUT2D eigenvalue weighted by atomic mass is 16.5. The number of rotatable bonds is 12. The van der Waals surface area contributed by atoms with Gasteiger partial charge in [0.15, 0.2) is 5.96 Å². The maximum absolute atomic E-state index is 9.22. The van der Waals surface area contributed by atoms with Gasteiger partial charge in [0.05, 0.1) is 13.2 Å². The Balaban J connectivity index is 2.71. The predicted molar refractivity (Wildman–Crippen MR) is 110 cm³/mol. The van der Waals surface area contributed by atoms with Gasteiger partial charge in [-0.25, -0.2) is 4.99 Å². The molecular formula is C21H37N3O2. The van der Waals surface area contributed by atoms with Crippen LogP contribution in [0.1, 0.15) is 52.5 Å². The standard InChI is InChI=1S/C21H37N3O2/c1-5-9-18(12-13-25)14-23-21(22-6-2)24-15-19-10-7-8-11-20(19)26-16-17(3)4/h7-8,10-11,17-18,25H,5-6,9,12-16H2,1-4H3,(H2,22,23,24). The average molecular weight is 364 g/mol. The van der Waals surface area contributed by atoms with Crippen LogP contribution in [-0.2, 0) is 6.54 Å². The Labute approximate surface area is 159 Å². The molecule has 0 aliphatic carbocycles. The quantitative estimate of drug-likeness (QED) is 0.392. The van der Waals surface area contributed by atoms with Crippen LogP contribution in [0.2, 0.25) is 0 Å². The number of nitrogens with zero attached hydrogens (tertiary/aromatic N) is 1.